The van der Waals surface area contributed by atoms with E-state index in [0.717, 1.165) is 22.4 Å². The van der Waals surface area contributed by atoms with Crippen LogP contribution in [0.3, 0.4) is 0 Å². The fraction of sp³-hybridized carbons (Fsp3) is 0.167. The monoisotopic (exact) mass is 212 g/mol. The van der Waals surface area contributed by atoms with Gasteiger partial charge in [0.1, 0.15) is 5.69 Å². The summed E-state index contributed by atoms with van der Waals surface area (Å²) in [4.78, 5) is 8.78. The van der Waals surface area contributed by atoms with Crippen molar-refractivity contribution in [2.24, 2.45) is 10.2 Å². The summed E-state index contributed by atoms with van der Waals surface area (Å²) < 4.78 is 0. The number of para-hydroxylation sites is 2. The zero-order chi connectivity index (χ0) is 11.4. The lowest BCUT2D eigenvalue weighted by atomic mass is 10.2. The zero-order valence-electron chi connectivity index (χ0n) is 9.25. The number of fused-ring (bicyclic) bond motifs is 1. The maximum absolute atomic E-state index is 4.46. The van der Waals surface area contributed by atoms with Crippen LogP contribution in [0.2, 0.25) is 0 Å². The van der Waals surface area contributed by atoms with Gasteiger partial charge in [0.15, 0.2) is 0 Å². The number of hydrogen-bond donors (Lipinski definition) is 0. The first-order valence-electron chi connectivity index (χ1n) is 5.05. The van der Waals surface area contributed by atoms with Crippen molar-refractivity contribution < 1.29 is 0 Å². The highest BCUT2D eigenvalue weighted by Gasteiger charge is 2.01. The molecular formula is C12H12N4. The van der Waals surface area contributed by atoms with E-state index in [-0.39, 0.29) is 0 Å². The van der Waals surface area contributed by atoms with Crippen molar-refractivity contribution in [1.29, 1.82) is 0 Å². The molecule has 1 aromatic carbocycles. The summed E-state index contributed by atoms with van der Waals surface area (Å²) in [6.07, 6.45) is 3.35. The summed E-state index contributed by atoms with van der Waals surface area (Å²) in [6.45, 7) is 3.69. The van der Waals surface area contributed by atoms with Crippen LogP contribution in [0.25, 0.3) is 11.0 Å². The lowest BCUT2D eigenvalue weighted by molar-refractivity contribution is 1.20. The first kappa shape index (κ1) is 10.4. The van der Waals surface area contributed by atoms with Gasteiger partial charge in [0, 0.05) is 6.21 Å². The first-order valence-corrected chi connectivity index (χ1v) is 5.05. The summed E-state index contributed by atoms with van der Waals surface area (Å²) in [7, 11) is 0. The first-order chi connectivity index (χ1) is 7.81. The minimum atomic E-state index is 0.754. The molecule has 0 amide bonds. The molecule has 0 saturated heterocycles. The van der Waals surface area contributed by atoms with Crippen LogP contribution < -0.4 is 0 Å². The Hall–Kier alpha value is -2.10. The Kier molecular flexibility index (Phi) is 3.00. The highest BCUT2D eigenvalue weighted by molar-refractivity contribution is 5.98. The fourth-order valence-corrected chi connectivity index (χ4v) is 1.33. The quantitative estimate of drug-likeness (QED) is 0.567. The molecule has 0 fully saturated rings. The van der Waals surface area contributed by atoms with E-state index in [0.29, 0.717) is 0 Å². The average Bonchev–Trinajstić information content (AvgIpc) is 2.35. The van der Waals surface area contributed by atoms with Crippen molar-refractivity contribution in [2.75, 3.05) is 0 Å². The molecule has 0 aliphatic rings. The Morgan fingerprint density at radius 3 is 2.75 bits per heavy atom. The molecule has 0 bridgehead atoms. The summed E-state index contributed by atoms with van der Waals surface area (Å²) in [5.74, 6) is 0. The Morgan fingerprint density at radius 2 is 2.00 bits per heavy atom. The molecule has 2 rings (SSSR count). The van der Waals surface area contributed by atoms with Gasteiger partial charge in [0.05, 0.1) is 22.9 Å². The fourth-order valence-electron chi connectivity index (χ4n) is 1.33. The summed E-state index contributed by atoms with van der Waals surface area (Å²) in [5.41, 5.74) is 3.27. The molecular weight excluding hydrogens is 200 g/mol. The number of hydrogen-bond acceptors (Lipinski definition) is 4. The molecule has 1 heterocycles. The van der Waals surface area contributed by atoms with Crippen LogP contribution >= 0.6 is 0 Å². The van der Waals surface area contributed by atoms with E-state index in [4.69, 9.17) is 0 Å². The number of aromatic nitrogens is 2. The normalized spacial score (nSPS) is 12.5. The van der Waals surface area contributed by atoms with Gasteiger partial charge in [-0.15, -0.1) is 0 Å². The number of benzene rings is 1. The standard InChI is InChI=1S/C12H12N4/c1-3-14-16-9(2)12-8-13-10-6-4-5-7-11(10)15-12/h3-8H,1-2H3. The minimum Gasteiger partial charge on any atom is -0.252 e. The number of nitrogens with zero attached hydrogens (tertiary/aromatic N) is 4. The maximum atomic E-state index is 4.46. The van der Waals surface area contributed by atoms with Gasteiger partial charge in [-0.3, -0.25) is 4.98 Å². The molecule has 1 aromatic heterocycles. The number of rotatable bonds is 2. The van der Waals surface area contributed by atoms with E-state index in [2.05, 4.69) is 20.2 Å². The van der Waals surface area contributed by atoms with Gasteiger partial charge in [-0.05, 0) is 26.0 Å². The van der Waals surface area contributed by atoms with Crippen LogP contribution in [-0.2, 0) is 0 Å². The van der Waals surface area contributed by atoms with E-state index in [1.807, 2.05) is 38.1 Å². The van der Waals surface area contributed by atoms with Crippen LogP contribution in [0.5, 0.6) is 0 Å². The third kappa shape index (κ3) is 2.11. The van der Waals surface area contributed by atoms with Crippen molar-refractivity contribution in [3.63, 3.8) is 0 Å². The SMILES string of the molecule is CC=NN=C(C)c1cnc2ccccc2n1. The largest absolute Gasteiger partial charge is 0.252 e. The van der Waals surface area contributed by atoms with E-state index in [1.54, 1.807) is 12.4 Å². The van der Waals surface area contributed by atoms with E-state index in [9.17, 15) is 0 Å². The topological polar surface area (TPSA) is 50.5 Å². The van der Waals surface area contributed by atoms with Gasteiger partial charge in [0.2, 0.25) is 0 Å². The maximum Gasteiger partial charge on any atom is 0.105 e. The lowest BCUT2D eigenvalue weighted by Gasteiger charge is -2.00. The van der Waals surface area contributed by atoms with Crippen LogP contribution in [-0.4, -0.2) is 21.9 Å². The lowest BCUT2D eigenvalue weighted by Crippen LogP contribution is -1.99. The minimum absolute atomic E-state index is 0.754. The predicted octanol–water partition coefficient (Wildman–Crippen LogP) is 2.44. The molecule has 0 aliphatic carbocycles. The second kappa shape index (κ2) is 4.61. The van der Waals surface area contributed by atoms with Gasteiger partial charge in [-0.25, -0.2) is 4.98 Å². The van der Waals surface area contributed by atoms with E-state index in [1.165, 1.54) is 0 Å². The van der Waals surface area contributed by atoms with Crippen molar-refractivity contribution >= 4 is 23.0 Å². The predicted molar refractivity (Wildman–Crippen MR) is 65.9 cm³/mol. The molecule has 4 heteroatoms. The van der Waals surface area contributed by atoms with Gasteiger partial charge >= 0.3 is 0 Å². The highest BCUT2D eigenvalue weighted by Crippen LogP contribution is 2.08. The smallest absolute Gasteiger partial charge is 0.105 e. The molecule has 80 valence electrons. The third-order valence-corrected chi connectivity index (χ3v) is 2.14. The van der Waals surface area contributed by atoms with E-state index >= 15 is 0 Å². The Morgan fingerprint density at radius 1 is 1.25 bits per heavy atom. The zero-order valence-corrected chi connectivity index (χ0v) is 9.25. The van der Waals surface area contributed by atoms with Gasteiger partial charge in [-0.1, -0.05) is 12.1 Å². The molecule has 4 nitrogen and oxygen atoms in total. The van der Waals surface area contributed by atoms with Gasteiger partial charge < -0.3 is 0 Å². The van der Waals surface area contributed by atoms with Gasteiger partial charge in [0.25, 0.3) is 0 Å². The van der Waals surface area contributed by atoms with Crippen LogP contribution in [0.15, 0.2) is 40.7 Å². The molecule has 0 saturated carbocycles. The summed E-state index contributed by atoms with van der Waals surface area (Å²) >= 11 is 0. The third-order valence-electron chi connectivity index (χ3n) is 2.14. The van der Waals surface area contributed by atoms with E-state index < -0.39 is 0 Å². The Bertz CT molecular complexity index is 558. The van der Waals surface area contributed by atoms with Crippen molar-refractivity contribution in [3.8, 4) is 0 Å². The summed E-state index contributed by atoms with van der Waals surface area (Å²) in [6, 6.07) is 7.75. The molecule has 0 aliphatic heterocycles. The summed E-state index contributed by atoms with van der Waals surface area (Å²) in [5, 5.41) is 7.83. The molecule has 2 aromatic rings. The van der Waals surface area contributed by atoms with Gasteiger partial charge in [-0.2, -0.15) is 10.2 Å². The second-order valence-corrected chi connectivity index (χ2v) is 3.30. The van der Waals surface area contributed by atoms with Crippen molar-refractivity contribution in [2.45, 2.75) is 13.8 Å². The Balaban J connectivity index is 2.47. The molecule has 16 heavy (non-hydrogen) atoms. The van der Waals surface area contributed by atoms with Crippen LogP contribution in [0.1, 0.15) is 19.5 Å². The second-order valence-electron chi connectivity index (χ2n) is 3.30. The molecule has 0 unspecified atom stereocenters. The van der Waals surface area contributed by atoms with Crippen LogP contribution in [0.4, 0.5) is 0 Å². The Labute approximate surface area is 93.8 Å². The molecule has 0 atom stereocenters. The highest BCUT2D eigenvalue weighted by atomic mass is 15.2. The van der Waals surface area contributed by atoms with Crippen molar-refractivity contribution in [1.82, 2.24) is 9.97 Å². The molecule has 0 radical (unpaired) electrons. The molecule has 0 spiro atoms. The molecule has 0 N–H and O–H groups in total. The average molecular weight is 212 g/mol. The van der Waals surface area contributed by atoms with Crippen molar-refractivity contribution in [3.05, 3.63) is 36.2 Å². The van der Waals surface area contributed by atoms with Crippen LogP contribution in [0, 0.1) is 0 Å².